The van der Waals surface area contributed by atoms with Crippen LogP contribution in [-0.4, -0.2) is 15.0 Å². The summed E-state index contributed by atoms with van der Waals surface area (Å²) in [6, 6.07) is 43.7. The van der Waals surface area contributed by atoms with Crippen LogP contribution < -0.4 is 0 Å². The molecule has 4 atom stereocenters. The van der Waals surface area contributed by atoms with Gasteiger partial charge in [-0.25, -0.2) is 15.0 Å². The molecule has 1 aromatic heterocycles. The zero-order valence-electron chi connectivity index (χ0n) is 31.4. The predicted molar refractivity (Wildman–Crippen MR) is 218 cm³/mol. The van der Waals surface area contributed by atoms with E-state index in [0.29, 0.717) is 28.5 Å². The summed E-state index contributed by atoms with van der Waals surface area (Å²) >= 11 is 0. The molecule has 0 amide bonds. The molecule has 266 valence electrons. The minimum absolute atomic E-state index is 0.0666. The summed E-state index contributed by atoms with van der Waals surface area (Å²) < 4.78 is 0. The first-order valence-corrected chi connectivity index (χ1v) is 20.1. The van der Waals surface area contributed by atoms with Crippen molar-refractivity contribution in [2.24, 2.45) is 17.8 Å². The largest absolute Gasteiger partial charge is 0.208 e. The van der Waals surface area contributed by atoms with Crippen LogP contribution in [0, 0.1) is 29.1 Å². The fourth-order valence-electron chi connectivity index (χ4n) is 11.6. The molecule has 0 N–H and O–H groups in total. The summed E-state index contributed by atoms with van der Waals surface area (Å²) in [5, 5.41) is 9.44. The van der Waals surface area contributed by atoms with E-state index in [2.05, 4.69) is 92.7 Å². The van der Waals surface area contributed by atoms with Gasteiger partial charge in [-0.15, -0.1) is 0 Å². The Balaban J connectivity index is 1.08. The first-order valence-electron chi connectivity index (χ1n) is 20.1. The Bertz CT molecular complexity index is 2400. The second-order valence-corrected chi connectivity index (χ2v) is 17.2. The molecule has 2 unspecified atom stereocenters. The zero-order valence-corrected chi connectivity index (χ0v) is 31.4. The maximum absolute atomic E-state index is 9.44. The van der Waals surface area contributed by atoms with E-state index in [0.717, 1.165) is 47.3 Å². The molecule has 1 heterocycles. The normalized spacial score (nSPS) is 23.5. The third kappa shape index (κ3) is 5.43. The van der Waals surface area contributed by atoms with Gasteiger partial charge in [-0.1, -0.05) is 112 Å². The van der Waals surface area contributed by atoms with Crippen molar-refractivity contribution < 1.29 is 0 Å². The first-order chi connectivity index (χ1) is 26.4. The standard InChI is InChI=1S/C50H46N4/c1-32-25-35-26-33(2)29-49(28-32,30-35)40-20-17-36(18-21-40)39-19-22-44-43(27-39)41-11-8-12-42(45(41)50(44)23-6-7-24-50)48-53-46(37-9-4-3-5-10-37)52-47(54-48)38-15-13-34(31-51)14-16-38/h3-5,8-22,27,32-33,35H,6-7,23-26,28-30H2,1-2H3/t32-,33+,35?,49?. The summed E-state index contributed by atoms with van der Waals surface area (Å²) in [5.74, 6) is 4.47. The maximum atomic E-state index is 9.44. The van der Waals surface area contributed by atoms with Gasteiger partial charge in [-0.05, 0) is 137 Å². The molecule has 0 saturated heterocycles. The quantitative estimate of drug-likeness (QED) is 0.179. The van der Waals surface area contributed by atoms with Gasteiger partial charge in [-0.2, -0.15) is 5.26 Å². The second kappa shape index (κ2) is 12.9. The topological polar surface area (TPSA) is 62.5 Å². The molecule has 54 heavy (non-hydrogen) atoms. The highest BCUT2D eigenvalue weighted by Crippen LogP contribution is 2.60. The molecule has 5 aromatic carbocycles. The molecule has 4 heteroatoms. The molecule has 4 nitrogen and oxygen atoms in total. The third-order valence-electron chi connectivity index (χ3n) is 13.5. The molecule has 3 saturated carbocycles. The van der Waals surface area contributed by atoms with Crippen molar-refractivity contribution in [1.82, 2.24) is 15.0 Å². The first kappa shape index (κ1) is 33.2. The summed E-state index contributed by atoms with van der Waals surface area (Å²) in [4.78, 5) is 15.4. The van der Waals surface area contributed by atoms with Crippen molar-refractivity contribution in [3.8, 4) is 62.5 Å². The van der Waals surface area contributed by atoms with Crippen molar-refractivity contribution in [1.29, 1.82) is 5.26 Å². The van der Waals surface area contributed by atoms with Gasteiger partial charge < -0.3 is 0 Å². The Kier molecular flexibility index (Phi) is 7.91. The molecule has 3 fully saturated rings. The van der Waals surface area contributed by atoms with Crippen LogP contribution in [0.3, 0.4) is 0 Å². The van der Waals surface area contributed by atoms with E-state index in [1.807, 2.05) is 42.5 Å². The molecule has 6 aromatic rings. The Morgan fingerprint density at radius 1 is 0.574 bits per heavy atom. The van der Waals surface area contributed by atoms with Gasteiger partial charge in [0.2, 0.25) is 0 Å². The van der Waals surface area contributed by atoms with Gasteiger partial charge in [0.1, 0.15) is 0 Å². The van der Waals surface area contributed by atoms with E-state index in [-0.39, 0.29) is 5.41 Å². The average Bonchev–Trinajstić information content (AvgIpc) is 3.81. The van der Waals surface area contributed by atoms with Crippen LogP contribution in [0.1, 0.15) is 93.9 Å². The van der Waals surface area contributed by atoms with Gasteiger partial charge in [0, 0.05) is 22.1 Å². The molecule has 1 spiro atoms. The Hall–Kier alpha value is -5.40. The fraction of sp³-hybridized carbons (Fsp3) is 0.320. The zero-order chi connectivity index (χ0) is 36.4. The number of hydrogen-bond acceptors (Lipinski definition) is 4. The minimum atomic E-state index is -0.0666. The Morgan fingerprint density at radius 2 is 1.19 bits per heavy atom. The minimum Gasteiger partial charge on any atom is -0.208 e. The van der Waals surface area contributed by atoms with Gasteiger partial charge >= 0.3 is 0 Å². The number of fused-ring (bicyclic) bond motifs is 7. The lowest BCUT2D eigenvalue weighted by Gasteiger charge is -2.50. The SMILES string of the molecule is C[C@@H]1CC2C[C@H](C)CC(c3ccc(-c4ccc5c(c4)-c4cccc(-c6nc(-c7ccccc7)nc(-c7ccc(C#N)cc7)n6)c4C54CCCC4)cc3)(C2)C1. The lowest BCUT2D eigenvalue weighted by atomic mass is 9.54. The predicted octanol–water partition coefficient (Wildman–Crippen LogP) is 12.4. The Morgan fingerprint density at radius 3 is 1.87 bits per heavy atom. The molecule has 2 bridgehead atoms. The maximum Gasteiger partial charge on any atom is 0.164 e. The van der Waals surface area contributed by atoms with E-state index < -0.39 is 0 Å². The van der Waals surface area contributed by atoms with Crippen molar-refractivity contribution in [3.05, 3.63) is 138 Å². The van der Waals surface area contributed by atoms with E-state index in [1.165, 1.54) is 78.3 Å². The number of aromatic nitrogens is 3. The van der Waals surface area contributed by atoms with Gasteiger partial charge in [-0.3, -0.25) is 0 Å². The third-order valence-corrected chi connectivity index (χ3v) is 13.5. The fourth-order valence-corrected chi connectivity index (χ4v) is 11.6. The van der Waals surface area contributed by atoms with Crippen molar-refractivity contribution in [3.63, 3.8) is 0 Å². The number of hydrogen-bond donors (Lipinski definition) is 0. The van der Waals surface area contributed by atoms with Gasteiger partial charge in [0.25, 0.3) is 0 Å². The summed E-state index contributed by atoms with van der Waals surface area (Å²) in [7, 11) is 0. The van der Waals surface area contributed by atoms with E-state index in [9.17, 15) is 5.26 Å². The summed E-state index contributed by atoms with van der Waals surface area (Å²) in [6.45, 7) is 4.96. The van der Waals surface area contributed by atoms with Crippen LogP contribution in [0.25, 0.3) is 56.4 Å². The second-order valence-electron chi connectivity index (χ2n) is 17.2. The van der Waals surface area contributed by atoms with Crippen molar-refractivity contribution in [2.45, 2.75) is 82.5 Å². The van der Waals surface area contributed by atoms with Crippen LogP contribution >= 0.6 is 0 Å². The lowest BCUT2D eigenvalue weighted by molar-refractivity contribution is 0.0780. The highest BCUT2D eigenvalue weighted by atomic mass is 15.0. The van der Waals surface area contributed by atoms with E-state index in [1.54, 1.807) is 5.56 Å². The molecule has 0 radical (unpaired) electrons. The van der Waals surface area contributed by atoms with E-state index >= 15 is 0 Å². The highest BCUT2D eigenvalue weighted by molar-refractivity contribution is 5.90. The van der Waals surface area contributed by atoms with Crippen LogP contribution in [0.5, 0.6) is 0 Å². The molecule has 0 aliphatic heterocycles. The smallest absolute Gasteiger partial charge is 0.164 e. The monoisotopic (exact) mass is 702 g/mol. The van der Waals surface area contributed by atoms with Crippen molar-refractivity contribution >= 4 is 0 Å². The summed E-state index contributed by atoms with van der Waals surface area (Å²) in [6.07, 6.45) is 11.5. The van der Waals surface area contributed by atoms with Crippen LogP contribution in [0.15, 0.2) is 115 Å². The molecule has 4 aliphatic rings. The van der Waals surface area contributed by atoms with Crippen LogP contribution in [-0.2, 0) is 10.8 Å². The van der Waals surface area contributed by atoms with Crippen LogP contribution in [0.4, 0.5) is 0 Å². The van der Waals surface area contributed by atoms with Gasteiger partial charge in [0.15, 0.2) is 17.5 Å². The average molecular weight is 703 g/mol. The molecular weight excluding hydrogens is 657 g/mol. The highest BCUT2D eigenvalue weighted by Gasteiger charge is 2.47. The number of rotatable bonds is 5. The number of nitriles is 1. The van der Waals surface area contributed by atoms with Crippen molar-refractivity contribution in [2.75, 3.05) is 0 Å². The molecular formula is C50H46N4. The Labute approximate surface area is 319 Å². The number of benzene rings is 5. The van der Waals surface area contributed by atoms with Crippen LogP contribution in [0.2, 0.25) is 0 Å². The number of nitrogens with zero attached hydrogens (tertiary/aromatic N) is 4. The summed E-state index contributed by atoms with van der Waals surface area (Å²) in [5.41, 5.74) is 13.4. The molecule has 4 aliphatic carbocycles. The van der Waals surface area contributed by atoms with E-state index in [4.69, 9.17) is 15.0 Å². The lowest BCUT2D eigenvalue weighted by Crippen LogP contribution is -2.42. The van der Waals surface area contributed by atoms with Gasteiger partial charge in [0.05, 0.1) is 11.6 Å². The molecule has 10 rings (SSSR count).